The number of unbranched alkanes of at least 4 members (excludes halogenated alkanes) is 5. The van der Waals surface area contributed by atoms with Gasteiger partial charge >= 0.3 is 0 Å². The van der Waals surface area contributed by atoms with Crippen LogP contribution < -0.4 is 0 Å². The largest absolute Gasteiger partial charge is 0.265 e. The fraction of sp³-hybridized carbons (Fsp3) is 0.455. The molecule has 4 rings (SSSR count). The summed E-state index contributed by atoms with van der Waals surface area (Å²) in [4.78, 5) is 2.38. The van der Waals surface area contributed by atoms with E-state index in [1.165, 1.54) is 38.5 Å². The molecule has 7 nitrogen and oxygen atoms in total. The molecule has 0 radical (unpaired) electrons. The monoisotopic (exact) mass is 391 g/mol. The zero-order valence-electron chi connectivity index (χ0n) is 17.1. The Morgan fingerprint density at radius 3 is 1.79 bits per heavy atom. The fourth-order valence-corrected chi connectivity index (χ4v) is 3.72. The first-order valence-corrected chi connectivity index (χ1v) is 10.6. The zero-order chi connectivity index (χ0) is 19.9. The van der Waals surface area contributed by atoms with Gasteiger partial charge in [-0.15, -0.1) is 10.2 Å². The second kappa shape index (κ2) is 9.60. The summed E-state index contributed by atoms with van der Waals surface area (Å²) in [5.74, 6) is 0. The highest BCUT2D eigenvalue weighted by Crippen LogP contribution is 2.14. The molecule has 0 fully saturated rings. The summed E-state index contributed by atoms with van der Waals surface area (Å²) in [7, 11) is 0. The highest BCUT2D eigenvalue weighted by Gasteiger charge is 2.13. The van der Waals surface area contributed by atoms with E-state index < -0.39 is 0 Å². The van der Waals surface area contributed by atoms with Gasteiger partial charge in [0.05, 0.1) is 24.4 Å². The summed E-state index contributed by atoms with van der Waals surface area (Å²) in [5.41, 5.74) is 3.98. The minimum Gasteiger partial charge on any atom is -0.265 e. The van der Waals surface area contributed by atoms with E-state index in [1.807, 2.05) is 45.8 Å². The Labute approximate surface area is 171 Å². The Morgan fingerprint density at radius 2 is 1.21 bits per heavy atom. The lowest BCUT2D eigenvalue weighted by atomic mass is 10.1. The fourth-order valence-electron chi connectivity index (χ4n) is 3.72. The third-order valence-corrected chi connectivity index (χ3v) is 5.34. The van der Waals surface area contributed by atoms with Crippen molar-refractivity contribution >= 4 is 22.1 Å². The van der Waals surface area contributed by atoms with E-state index in [4.69, 9.17) is 0 Å². The van der Waals surface area contributed by atoms with Crippen molar-refractivity contribution in [2.24, 2.45) is 0 Å². The first-order valence-electron chi connectivity index (χ1n) is 10.6. The third-order valence-electron chi connectivity index (χ3n) is 5.34. The van der Waals surface area contributed by atoms with Crippen LogP contribution in [0.1, 0.15) is 45.4 Å². The van der Waals surface area contributed by atoms with Crippen LogP contribution in [0.3, 0.4) is 0 Å². The van der Waals surface area contributed by atoms with Crippen molar-refractivity contribution in [1.29, 1.82) is 0 Å². The van der Waals surface area contributed by atoms with Gasteiger partial charge in [-0.1, -0.05) is 73.7 Å². The Balaban J connectivity index is 1.47. The number of hydrogen-bond donors (Lipinski definition) is 0. The van der Waals surface area contributed by atoms with Crippen LogP contribution in [-0.2, 0) is 13.3 Å². The van der Waals surface area contributed by atoms with Gasteiger partial charge in [-0.3, -0.25) is 4.90 Å². The van der Waals surface area contributed by atoms with E-state index in [2.05, 4.69) is 44.6 Å². The average Bonchev–Trinajstić information content (AvgIpc) is 3.35. The lowest BCUT2D eigenvalue weighted by molar-refractivity contribution is 0.152. The number of para-hydroxylation sites is 2. The number of hydrogen-bond acceptors (Lipinski definition) is 5. The van der Waals surface area contributed by atoms with Crippen molar-refractivity contribution in [3.8, 4) is 0 Å². The third kappa shape index (κ3) is 4.79. The molecule has 0 amide bonds. The van der Waals surface area contributed by atoms with Crippen LogP contribution >= 0.6 is 0 Å². The predicted molar refractivity (Wildman–Crippen MR) is 115 cm³/mol. The van der Waals surface area contributed by atoms with Crippen molar-refractivity contribution in [3.05, 3.63) is 48.5 Å². The molecular weight excluding hydrogens is 362 g/mol. The Morgan fingerprint density at radius 1 is 0.690 bits per heavy atom. The molecule has 0 saturated heterocycles. The molecule has 0 aliphatic carbocycles. The molecule has 0 spiro atoms. The molecule has 152 valence electrons. The highest BCUT2D eigenvalue weighted by molar-refractivity contribution is 5.74. The van der Waals surface area contributed by atoms with Gasteiger partial charge in [0, 0.05) is 6.54 Å². The highest BCUT2D eigenvalue weighted by atomic mass is 15.5. The maximum atomic E-state index is 4.38. The lowest BCUT2D eigenvalue weighted by Crippen LogP contribution is -2.31. The summed E-state index contributed by atoms with van der Waals surface area (Å²) in [6.07, 6.45) is 7.68. The molecular formula is C22H29N7. The predicted octanol–water partition coefficient (Wildman–Crippen LogP) is 4.45. The standard InChI is InChI=1S/C22H29N7/c1-2-3-4-5-6-11-16-27(17-28-21-14-9-7-12-19(21)23-25-28)18-29-22-15-10-8-13-20(22)24-26-29/h7-10,12-15H,2-6,11,16-18H2,1H3. The molecule has 0 aliphatic heterocycles. The van der Waals surface area contributed by atoms with E-state index >= 15 is 0 Å². The lowest BCUT2D eigenvalue weighted by Gasteiger charge is -2.22. The number of rotatable bonds is 11. The normalized spacial score (nSPS) is 11.8. The number of benzene rings is 2. The minimum absolute atomic E-state index is 0.684. The van der Waals surface area contributed by atoms with E-state index in [0.717, 1.165) is 28.6 Å². The molecule has 0 aliphatic rings. The van der Waals surface area contributed by atoms with Crippen LogP contribution in [0.25, 0.3) is 22.1 Å². The van der Waals surface area contributed by atoms with Crippen LogP contribution in [-0.4, -0.2) is 41.4 Å². The molecule has 0 atom stereocenters. The summed E-state index contributed by atoms with van der Waals surface area (Å²) in [6.45, 7) is 4.62. The molecule has 2 aromatic heterocycles. The van der Waals surface area contributed by atoms with Crippen molar-refractivity contribution in [2.75, 3.05) is 6.54 Å². The van der Waals surface area contributed by atoms with Crippen molar-refractivity contribution < 1.29 is 0 Å². The maximum absolute atomic E-state index is 4.38. The molecule has 2 heterocycles. The quantitative estimate of drug-likeness (QED) is 0.353. The van der Waals surface area contributed by atoms with E-state index in [1.54, 1.807) is 0 Å². The minimum atomic E-state index is 0.684. The maximum Gasteiger partial charge on any atom is 0.113 e. The van der Waals surface area contributed by atoms with Gasteiger partial charge in [-0.2, -0.15) is 0 Å². The molecule has 0 saturated carbocycles. The summed E-state index contributed by atoms with van der Waals surface area (Å²) < 4.78 is 3.96. The molecule has 4 aromatic rings. The summed E-state index contributed by atoms with van der Waals surface area (Å²) in [5, 5.41) is 17.4. The summed E-state index contributed by atoms with van der Waals surface area (Å²) in [6, 6.07) is 16.2. The van der Waals surface area contributed by atoms with Gasteiger partial charge in [-0.25, -0.2) is 9.36 Å². The van der Waals surface area contributed by atoms with Crippen molar-refractivity contribution in [1.82, 2.24) is 34.9 Å². The van der Waals surface area contributed by atoms with Crippen LogP contribution in [0, 0.1) is 0 Å². The Bertz CT molecular complexity index is 960. The number of nitrogens with zero attached hydrogens (tertiary/aromatic N) is 7. The second-order valence-corrected chi connectivity index (χ2v) is 7.60. The van der Waals surface area contributed by atoms with Gasteiger partial charge in [-0.05, 0) is 30.7 Å². The van der Waals surface area contributed by atoms with Gasteiger partial charge < -0.3 is 0 Å². The van der Waals surface area contributed by atoms with Crippen molar-refractivity contribution in [3.63, 3.8) is 0 Å². The Kier molecular flexibility index (Phi) is 6.46. The number of aromatic nitrogens is 6. The topological polar surface area (TPSA) is 64.7 Å². The zero-order valence-corrected chi connectivity index (χ0v) is 17.1. The SMILES string of the molecule is CCCCCCCCN(Cn1nnc2ccccc21)Cn1nnc2ccccc21. The van der Waals surface area contributed by atoms with E-state index in [0.29, 0.717) is 13.3 Å². The van der Waals surface area contributed by atoms with Crippen molar-refractivity contribution in [2.45, 2.75) is 58.8 Å². The van der Waals surface area contributed by atoms with E-state index in [9.17, 15) is 0 Å². The summed E-state index contributed by atoms with van der Waals surface area (Å²) >= 11 is 0. The Hall–Kier alpha value is -2.80. The molecule has 0 bridgehead atoms. The molecule has 29 heavy (non-hydrogen) atoms. The number of fused-ring (bicyclic) bond motifs is 2. The average molecular weight is 392 g/mol. The van der Waals surface area contributed by atoms with Crippen LogP contribution in [0.2, 0.25) is 0 Å². The van der Waals surface area contributed by atoms with Gasteiger partial charge in [0.1, 0.15) is 11.0 Å². The van der Waals surface area contributed by atoms with Crippen LogP contribution in [0.5, 0.6) is 0 Å². The smallest absolute Gasteiger partial charge is 0.113 e. The van der Waals surface area contributed by atoms with Crippen LogP contribution in [0.4, 0.5) is 0 Å². The molecule has 7 heteroatoms. The van der Waals surface area contributed by atoms with Gasteiger partial charge in [0.15, 0.2) is 0 Å². The second-order valence-electron chi connectivity index (χ2n) is 7.60. The first kappa shape index (κ1) is 19.5. The first-order chi connectivity index (χ1) is 14.3. The molecule has 0 N–H and O–H groups in total. The van der Waals surface area contributed by atoms with Gasteiger partial charge in [0.2, 0.25) is 0 Å². The van der Waals surface area contributed by atoms with Gasteiger partial charge in [0.25, 0.3) is 0 Å². The molecule has 0 unspecified atom stereocenters. The van der Waals surface area contributed by atoms with E-state index in [-0.39, 0.29) is 0 Å². The van der Waals surface area contributed by atoms with Crippen LogP contribution in [0.15, 0.2) is 48.5 Å². The molecule has 2 aromatic carbocycles.